The smallest absolute Gasteiger partial charge is 0.224 e. The van der Waals surface area contributed by atoms with Crippen LogP contribution in [0.1, 0.15) is 31.7 Å². The van der Waals surface area contributed by atoms with E-state index >= 15 is 0 Å². The molecule has 0 saturated carbocycles. The molecule has 0 radical (unpaired) electrons. The van der Waals surface area contributed by atoms with Crippen LogP contribution in [0.4, 0.5) is 5.69 Å². The van der Waals surface area contributed by atoms with E-state index in [4.69, 9.17) is 4.74 Å². The molecule has 1 aromatic carbocycles. The summed E-state index contributed by atoms with van der Waals surface area (Å²) in [6.45, 7) is 8.96. The average Bonchev–Trinajstić information content (AvgIpc) is 2.65. The zero-order valence-electron chi connectivity index (χ0n) is 15.3. The highest BCUT2D eigenvalue weighted by atomic mass is 16.5. The van der Waals surface area contributed by atoms with Crippen LogP contribution in [-0.2, 0) is 16.1 Å². The van der Waals surface area contributed by atoms with Crippen LogP contribution in [0.15, 0.2) is 24.3 Å². The van der Waals surface area contributed by atoms with Crippen LogP contribution >= 0.6 is 0 Å². The highest BCUT2D eigenvalue weighted by Gasteiger charge is 2.22. The Bertz CT molecular complexity index is 534. The van der Waals surface area contributed by atoms with Crippen LogP contribution in [0.25, 0.3) is 0 Å². The van der Waals surface area contributed by atoms with Gasteiger partial charge in [-0.05, 0) is 55.5 Å². The van der Waals surface area contributed by atoms with Crippen molar-refractivity contribution in [3.63, 3.8) is 0 Å². The first-order valence-corrected chi connectivity index (χ1v) is 9.60. The maximum Gasteiger partial charge on any atom is 0.224 e. The molecule has 1 unspecified atom stereocenters. The predicted molar refractivity (Wildman–Crippen MR) is 101 cm³/mol. The van der Waals surface area contributed by atoms with Crippen molar-refractivity contribution in [2.75, 3.05) is 44.7 Å². The van der Waals surface area contributed by atoms with E-state index in [-0.39, 0.29) is 5.91 Å². The molecule has 2 aliphatic heterocycles. The molecule has 2 aliphatic rings. The first-order valence-electron chi connectivity index (χ1n) is 9.60. The van der Waals surface area contributed by atoms with Gasteiger partial charge in [0.05, 0.1) is 13.2 Å². The Hall–Kier alpha value is -1.43. The predicted octanol–water partition coefficient (Wildman–Crippen LogP) is 2.48. The molecule has 0 aromatic heterocycles. The van der Waals surface area contributed by atoms with Crippen LogP contribution in [0, 0.1) is 11.8 Å². The quantitative estimate of drug-likeness (QED) is 0.832. The fourth-order valence-corrected chi connectivity index (χ4v) is 3.80. The second-order valence-corrected chi connectivity index (χ2v) is 7.40. The maximum atomic E-state index is 12.3. The Labute approximate surface area is 151 Å². The number of benzene rings is 1. The lowest BCUT2D eigenvalue weighted by Crippen LogP contribution is -2.35. The van der Waals surface area contributed by atoms with Crippen molar-refractivity contribution in [1.82, 2.24) is 10.2 Å². The van der Waals surface area contributed by atoms with Crippen molar-refractivity contribution in [2.24, 2.45) is 11.8 Å². The topological polar surface area (TPSA) is 53.6 Å². The Morgan fingerprint density at radius 3 is 2.60 bits per heavy atom. The molecule has 1 atom stereocenters. The van der Waals surface area contributed by atoms with Crippen LogP contribution in [0.3, 0.4) is 0 Å². The average molecular weight is 345 g/mol. The van der Waals surface area contributed by atoms with E-state index in [2.05, 4.69) is 34.6 Å². The highest BCUT2D eigenvalue weighted by Crippen LogP contribution is 2.24. The molecule has 2 heterocycles. The van der Waals surface area contributed by atoms with Crippen molar-refractivity contribution >= 4 is 11.6 Å². The number of nitrogens with zero attached hydrogens (tertiary/aromatic N) is 1. The standard InChI is InChI=1S/C20H31N3O2/c1-16(18-6-8-21-9-7-18)14-20(24)22-19-4-2-17(3-5-19)15-23-10-12-25-13-11-23/h2-5,16,18,21H,6-15H2,1H3,(H,22,24). The summed E-state index contributed by atoms with van der Waals surface area (Å²) in [4.78, 5) is 14.7. The van der Waals surface area contributed by atoms with E-state index in [1.807, 2.05) is 12.1 Å². The lowest BCUT2D eigenvalue weighted by molar-refractivity contribution is -0.117. The van der Waals surface area contributed by atoms with Gasteiger partial charge in [-0.15, -0.1) is 0 Å². The summed E-state index contributed by atoms with van der Waals surface area (Å²) in [7, 11) is 0. The summed E-state index contributed by atoms with van der Waals surface area (Å²) >= 11 is 0. The number of morpholine rings is 1. The number of piperidine rings is 1. The van der Waals surface area contributed by atoms with Gasteiger partial charge in [-0.1, -0.05) is 19.1 Å². The van der Waals surface area contributed by atoms with Crippen LogP contribution in [0.5, 0.6) is 0 Å². The molecule has 5 nitrogen and oxygen atoms in total. The van der Waals surface area contributed by atoms with Gasteiger partial charge in [-0.3, -0.25) is 9.69 Å². The molecular weight excluding hydrogens is 314 g/mol. The molecule has 138 valence electrons. The highest BCUT2D eigenvalue weighted by molar-refractivity contribution is 5.90. The van der Waals surface area contributed by atoms with Crippen molar-refractivity contribution in [2.45, 2.75) is 32.7 Å². The number of carbonyl (C=O) groups excluding carboxylic acids is 1. The molecule has 0 bridgehead atoms. The fourth-order valence-electron chi connectivity index (χ4n) is 3.80. The Kier molecular flexibility index (Phi) is 6.84. The minimum absolute atomic E-state index is 0.131. The molecular formula is C20H31N3O2. The van der Waals surface area contributed by atoms with Crippen LogP contribution in [-0.4, -0.2) is 50.2 Å². The van der Waals surface area contributed by atoms with E-state index in [1.165, 1.54) is 18.4 Å². The van der Waals surface area contributed by atoms with Gasteiger partial charge in [0.15, 0.2) is 0 Å². The third-order valence-electron chi connectivity index (χ3n) is 5.44. The Morgan fingerprint density at radius 1 is 1.24 bits per heavy atom. The second kappa shape index (κ2) is 9.32. The molecule has 5 heteroatoms. The van der Waals surface area contributed by atoms with E-state index in [0.29, 0.717) is 18.3 Å². The van der Waals surface area contributed by atoms with Gasteiger partial charge in [0.25, 0.3) is 0 Å². The number of ether oxygens (including phenoxy) is 1. The number of carbonyl (C=O) groups is 1. The largest absolute Gasteiger partial charge is 0.379 e. The molecule has 25 heavy (non-hydrogen) atoms. The molecule has 0 aliphatic carbocycles. The van der Waals surface area contributed by atoms with Crippen LogP contribution < -0.4 is 10.6 Å². The van der Waals surface area contributed by atoms with E-state index in [9.17, 15) is 4.79 Å². The number of amides is 1. The lowest BCUT2D eigenvalue weighted by Gasteiger charge is -2.28. The van der Waals surface area contributed by atoms with Gasteiger partial charge < -0.3 is 15.4 Å². The molecule has 3 rings (SSSR count). The third kappa shape index (κ3) is 5.80. The number of nitrogens with one attached hydrogen (secondary N) is 2. The van der Waals surface area contributed by atoms with Crippen molar-refractivity contribution in [3.8, 4) is 0 Å². The minimum atomic E-state index is 0.131. The van der Waals surface area contributed by atoms with Gasteiger partial charge in [-0.25, -0.2) is 0 Å². The molecule has 1 aromatic rings. The SMILES string of the molecule is CC(CC(=O)Nc1ccc(CN2CCOCC2)cc1)C1CCNCC1. The molecule has 1 amide bonds. The van der Waals surface area contributed by atoms with E-state index in [0.717, 1.165) is 51.6 Å². The summed E-state index contributed by atoms with van der Waals surface area (Å²) in [6, 6.07) is 8.26. The Balaban J connectivity index is 1.44. The summed E-state index contributed by atoms with van der Waals surface area (Å²) in [5.74, 6) is 1.25. The van der Waals surface area contributed by atoms with Gasteiger partial charge in [0.1, 0.15) is 0 Å². The summed E-state index contributed by atoms with van der Waals surface area (Å²) in [6.07, 6.45) is 2.98. The maximum absolute atomic E-state index is 12.3. The summed E-state index contributed by atoms with van der Waals surface area (Å²) in [5, 5.41) is 6.44. The van der Waals surface area contributed by atoms with Crippen molar-refractivity contribution < 1.29 is 9.53 Å². The number of rotatable bonds is 6. The van der Waals surface area contributed by atoms with Gasteiger partial charge in [0, 0.05) is 31.7 Å². The van der Waals surface area contributed by atoms with E-state index in [1.54, 1.807) is 0 Å². The first kappa shape index (κ1) is 18.4. The molecule has 0 spiro atoms. The number of anilines is 1. The van der Waals surface area contributed by atoms with Crippen LogP contribution in [0.2, 0.25) is 0 Å². The van der Waals surface area contributed by atoms with Gasteiger partial charge in [-0.2, -0.15) is 0 Å². The monoisotopic (exact) mass is 345 g/mol. The molecule has 2 saturated heterocycles. The first-order chi connectivity index (χ1) is 12.2. The normalized spacial score (nSPS) is 21.0. The zero-order valence-corrected chi connectivity index (χ0v) is 15.3. The minimum Gasteiger partial charge on any atom is -0.379 e. The van der Waals surface area contributed by atoms with Gasteiger partial charge >= 0.3 is 0 Å². The molecule has 2 N–H and O–H groups in total. The summed E-state index contributed by atoms with van der Waals surface area (Å²) in [5.41, 5.74) is 2.18. The number of hydrogen-bond donors (Lipinski definition) is 2. The van der Waals surface area contributed by atoms with Crippen molar-refractivity contribution in [3.05, 3.63) is 29.8 Å². The van der Waals surface area contributed by atoms with Gasteiger partial charge in [0.2, 0.25) is 5.91 Å². The third-order valence-corrected chi connectivity index (χ3v) is 5.44. The Morgan fingerprint density at radius 2 is 1.92 bits per heavy atom. The van der Waals surface area contributed by atoms with E-state index < -0.39 is 0 Å². The fraction of sp³-hybridized carbons (Fsp3) is 0.650. The lowest BCUT2D eigenvalue weighted by atomic mass is 9.84. The second-order valence-electron chi connectivity index (χ2n) is 7.40. The zero-order chi connectivity index (χ0) is 17.5. The number of hydrogen-bond acceptors (Lipinski definition) is 4. The summed E-state index contributed by atoms with van der Waals surface area (Å²) < 4.78 is 5.38. The van der Waals surface area contributed by atoms with Crippen molar-refractivity contribution in [1.29, 1.82) is 0 Å². The molecule has 2 fully saturated rings.